The fourth-order valence-electron chi connectivity index (χ4n) is 2.91. The van der Waals surface area contributed by atoms with Crippen LogP contribution < -0.4 is 9.64 Å². The molecule has 0 saturated heterocycles. The van der Waals surface area contributed by atoms with Gasteiger partial charge >= 0.3 is 5.97 Å². The highest BCUT2D eigenvalue weighted by atomic mass is 16.6. The number of rotatable bonds is 2. The van der Waals surface area contributed by atoms with Gasteiger partial charge in [0.15, 0.2) is 0 Å². The van der Waals surface area contributed by atoms with Crippen molar-refractivity contribution in [1.29, 1.82) is 0 Å². The number of aryl methyl sites for hydroxylation is 1. The van der Waals surface area contributed by atoms with Crippen LogP contribution in [0.2, 0.25) is 0 Å². The Kier molecular flexibility index (Phi) is 4.46. The first-order valence-corrected chi connectivity index (χ1v) is 8.60. The van der Waals surface area contributed by atoms with Gasteiger partial charge in [-0.1, -0.05) is 6.07 Å². The van der Waals surface area contributed by atoms with Crippen molar-refractivity contribution < 1.29 is 14.3 Å². The molecular weight excluding hydrogens is 314 g/mol. The second-order valence-corrected chi connectivity index (χ2v) is 7.40. The minimum Gasteiger partial charge on any atom is -0.489 e. The molecule has 0 unspecified atom stereocenters. The van der Waals surface area contributed by atoms with Crippen molar-refractivity contribution in [2.75, 3.05) is 18.1 Å². The summed E-state index contributed by atoms with van der Waals surface area (Å²) in [7, 11) is 0. The van der Waals surface area contributed by atoms with E-state index < -0.39 is 5.60 Å². The first kappa shape index (κ1) is 17.3. The normalized spacial score (nSPS) is 13.9. The molecule has 1 heterocycles. The van der Waals surface area contributed by atoms with Crippen molar-refractivity contribution in [3.05, 3.63) is 53.1 Å². The Morgan fingerprint density at radius 2 is 1.76 bits per heavy atom. The second kappa shape index (κ2) is 6.43. The quantitative estimate of drug-likeness (QED) is 0.738. The number of carbonyl (C=O) groups excluding carboxylic acids is 1. The molecule has 0 fully saturated rings. The molecule has 1 aliphatic heterocycles. The van der Waals surface area contributed by atoms with E-state index in [1.807, 2.05) is 45.0 Å². The predicted molar refractivity (Wildman–Crippen MR) is 100 cm³/mol. The number of benzene rings is 2. The Hall–Kier alpha value is -2.49. The molecule has 0 amide bonds. The van der Waals surface area contributed by atoms with E-state index in [0.29, 0.717) is 12.2 Å². The summed E-state index contributed by atoms with van der Waals surface area (Å²) in [4.78, 5) is 14.4. The lowest BCUT2D eigenvalue weighted by molar-refractivity contribution is 0.00695. The summed E-state index contributed by atoms with van der Waals surface area (Å²) >= 11 is 0. The number of hydrogen-bond donors (Lipinski definition) is 0. The molecule has 2 aromatic carbocycles. The Bertz CT molecular complexity index is 788. The summed E-state index contributed by atoms with van der Waals surface area (Å²) in [6, 6.07) is 11.8. The molecule has 0 atom stereocenters. The lowest BCUT2D eigenvalue weighted by Gasteiger charge is -2.32. The molecule has 0 aliphatic carbocycles. The average molecular weight is 339 g/mol. The van der Waals surface area contributed by atoms with Crippen LogP contribution in [-0.2, 0) is 4.74 Å². The number of ether oxygens (including phenoxy) is 2. The summed E-state index contributed by atoms with van der Waals surface area (Å²) in [5.74, 6) is 0.648. The van der Waals surface area contributed by atoms with Gasteiger partial charge in [-0.3, -0.25) is 0 Å². The molecular formula is C21H25NO3. The molecule has 1 aliphatic rings. The molecule has 0 saturated carbocycles. The van der Waals surface area contributed by atoms with Crippen LogP contribution in [0.1, 0.15) is 42.3 Å². The summed E-state index contributed by atoms with van der Waals surface area (Å²) < 4.78 is 11.3. The summed E-state index contributed by atoms with van der Waals surface area (Å²) in [6.07, 6.45) is 0. The van der Waals surface area contributed by atoms with Gasteiger partial charge in [-0.25, -0.2) is 4.79 Å². The molecule has 0 bridgehead atoms. The summed E-state index contributed by atoms with van der Waals surface area (Å²) in [5, 5.41) is 0. The van der Waals surface area contributed by atoms with Crippen LogP contribution >= 0.6 is 0 Å². The van der Waals surface area contributed by atoms with Crippen LogP contribution in [0.4, 0.5) is 11.4 Å². The van der Waals surface area contributed by atoms with Gasteiger partial charge < -0.3 is 14.4 Å². The molecule has 2 aromatic rings. The topological polar surface area (TPSA) is 38.8 Å². The van der Waals surface area contributed by atoms with E-state index in [9.17, 15) is 4.79 Å². The SMILES string of the molecule is Cc1ccc2c(c1C)OCCN2c1ccc(C(=O)OC(C)(C)C)cc1. The Morgan fingerprint density at radius 1 is 1.08 bits per heavy atom. The van der Waals surface area contributed by atoms with Crippen LogP contribution in [0.15, 0.2) is 36.4 Å². The molecule has 4 heteroatoms. The smallest absolute Gasteiger partial charge is 0.338 e. The third-order valence-corrected chi connectivity index (χ3v) is 4.32. The lowest BCUT2D eigenvalue weighted by Crippen LogP contribution is -2.29. The van der Waals surface area contributed by atoms with Crippen LogP contribution in [0.3, 0.4) is 0 Å². The summed E-state index contributed by atoms with van der Waals surface area (Å²) in [5.41, 5.74) is 4.58. The van der Waals surface area contributed by atoms with Gasteiger partial charge in [-0.05, 0) is 76.1 Å². The minimum absolute atomic E-state index is 0.298. The first-order chi connectivity index (χ1) is 11.8. The maximum Gasteiger partial charge on any atom is 0.338 e. The molecule has 0 spiro atoms. The number of carbonyl (C=O) groups is 1. The Labute approximate surface area is 149 Å². The van der Waals surface area contributed by atoms with Gasteiger partial charge in [0, 0.05) is 5.69 Å². The van der Waals surface area contributed by atoms with Crippen molar-refractivity contribution in [3.63, 3.8) is 0 Å². The molecule has 3 rings (SSSR count). The molecule has 25 heavy (non-hydrogen) atoms. The average Bonchev–Trinajstić information content (AvgIpc) is 2.56. The van der Waals surface area contributed by atoms with Crippen LogP contribution in [0, 0.1) is 13.8 Å². The molecule has 132 valence electrons. The number of esters is 1. The minimum atomic E-state index is -0.492. The highest BCUT2D eigenvalue weighted by molar-refractivity contribution is 5.90. The van der Waals surface area contributed by atoms with Crippen LogP contribution in [0.25, 0.3) is 0 Å². The summed E-state index contributed by atoms with van der Waals surface area (Å²) in [6.45, 7) is 11.2. The van der Waals surface area contributed by atoms with Crippen molar-refractivity contribution in [1.82, 2.24) is 0 Å². The fourth-order valence-corrected chi connectivity index (χ4v) is 2.91. The van der Waals surface area contributed by atoms with Crippen LogP contribution in [-0.4, -0.2) is 24.7 Å². The van der Waals surface area contributed by atoms with E-state index in [2.05, 4.69) is 30.9 Å². The Morgan fingerprint density at radius 3 is 2.40 bits per heavy atom. The van der Waals surface area contributed by atoms with E-state index in [0.717, 1.165) is 23.7 Å². The van der Waals surface area contributed by atoms with Crippen molar-refractivity contribution in [3.8, 4) is 5.75 Å². The number of nitrogens with zero attached hydrogens (tertiary/aromatic N) is 1. The standard InChI is InChI=1S/C21H25NO3/c1-14-6-11-18-19(15(14)2)24-13-12-22(18)17-9-7-16(8-10-17)20(23)25-21(3,4)5/h6-11H,12-13H2,1-5H3. The van der Waals surface area contributed by atoms with E-state index in [-0.39, 0.29) is 5.97 Å². The van der Waals surface area contributed by atoms with Gasteiger partial charge in [-0.15, -0.1) is 0 Å². The van der Waals surface area contributed by atoms with Gasteiger partial charge in [0.05, 0.1) is 17.8 Å². The van der Waals surface area contributed by atoms with E-state index in [1.54, 1.807) is 0 Å². The van der Waals surface area contributed by atoms with Gasteiger partial charge in [0.2, 0.25) is 0 Å². The van der Waals surface area contributed by atoms with E-state index >= 15 is 0 Å². The molecule has 0 aromatic heterocycles. The maximum absolute atomic E-state index is 12.2. The zero-order valence-corrected chi connectivity index (χ0v) is 15.6. The van der Waals surface area contributed by atoms with Gasteiger partial charge in [-0.2, -0.15) is 0 Å². The third kappa shape index (κ3) is 3.63. The zero-order chi connectivity index (χ0) is 18.2. The molecule has 4 nitrogen and oxygen atoms in total. The van der Waals surface area contributed by atoms with Crippen molar-refractivity contribution in [2.24, 2.45) is 0 Å². The van der Waals surface area contributed by atoms with Crippen molar-refractivity contribution in [2.45, 2.75) is 40.2 Å². The second-order valence-electron chi connectivity index (χ2n) is 7.40. The van der Waals surface area contributed by atoms with E-state index in [1.165, 1.54) is 11.1 Å². The highest BCUT2D eigenvalue weighted by Gasteiger charge is 2.23. The predicted octanol–water partition coefficient (Wildman–Crippen LogP) is 4.79. The van der Waals surface area contributed by atoms with Gasteiger partial charge in [0.25, 0.3) is 0 Å². The largest absolute Gasteiger partial charge is 0.489 e. The lowest BCUT2D eigenvalue weighted by atomic mass is 10.1. The number of fused-ring (bicyclic) bond motifs is 1. The van der Waals surface area contributed by atoms with E-state index in [4.69, 9.17) is 9.47 Å². The highest BCUT2D eigenvalue weighted by Crippen LogP contribution is 2.40. The zero-order valence-electron chi connectivity index (χ0n) is 15.6. The van der Waals surface area contributed by atoms with Crippen LogP contribution in [0.5, 0.6) is 5.75 Å². The van der Waals surface area contributed by atoms with Crippen molar-refractivity contribution >= 4 is 17.3 Å². The Balaban J connectivity index is 1.87. The number of anilines is 2. The molecule has 0 N–H and O–H groups in total. The monoisotopic (exact) mass is 339 g/mol. The third-order valence-electron chi connectivity index (χ3n) is 4.32. The first-order valence-electron chi connectivity index (χ1n) is 8.60. The van der Waals surface area contributed by atoms with Gasteiger partial charge in [0.1, 0.15) is 18.0 Å². The molecule has 0 radical (unpaired) electrons. The number of hydrogen-bond acceptors (Lipinski definition) is 4. The fraction of sp³-hybridized carbons (Fsp3) is 0.381. The maximum atomic E-state index is 12.2.